The lowest BCUT2D eigenvalue weighted by molar-refractivity contribution is 0.276. The Balaban J connectivity index is 1.72. The molecule has 2 aliphatic rings. The zero-order valence-corrected chi connectivity index (χ0v) is 13.6. The smallest absolute Gasteiger partial charge is 0.0449 e. The van der Waals surface area contributed by atoms with Crippen molar-refractivity contribution in [2.24, 2.45) is 5.41 Å². The van der Waals surface area contributed by atoms with Gasteiger partial charge in [-0.1, -0.05) is 46.4 Å². The highest BCUT2D eigenvalue weighted by atomic mass is 79.9. The molecule has 0 radical (unpaired) electrons. The van der Waals surface area contributed by atoms with Crippen LogP contribution in [0, 0.1) is 5.41 Å². The third-order valence-corrected chi connectivity index (χ3v) is 5.43. The molecule has 2 aliphatic carbocycles. The molecule has 1 nitrogen and oxygen atoms in total. The lowest BCUT2D eigenvalue weighted by Gasteiger charge is -2.30. The molecule has 0 bridgehead atoms. The van der Waals surface area contributed by atoms with Crippen molar-refractivity contribution in [3.05, 3.63) is 33.3 Å². The summed E-state index contributed by atoms with van der Waals surface area (Å²) >= 11 is 9.88. The summed E-state index contributed by atoms with van der Waals surface area (Å²) in [5, 5.41) is 4.65. The molecule has 1 aromatic rings. The Morgan fingerprint density at radius 2 is 2.00 bits per heavy atom. The van der Waals surface area contributed by atoms with E-state index in [0.717, 1.165) is 22.0 Å². The van der Waals surface area contributed by atoms with Crippen molar-refractivity contribution in [3.8, 4) is 0 Å². The SMILES string of the molecule is Clc1cc(Br)ccc1CC1(CNC2CC2)CCCC1. The maximum absolute atomic E-state index is 6.39. The average Bonchev–Trinajstić information content (AvgIpc) is 3.11. The monoisotopic (exact) mass is 341 g/mol. The van der Waals surface area contributed by atoms with Crippen LogP contribution in [0.15, 0.2) is 22.7 Å². The first-order valence-electron chi connectivity index (χ1n) is 7.34. The van der Waals surface area contributed by atoms with E-state index in [9.17, 15) is 0 Å². The summed E-state index contributed by atoms with van der Waals surface area (Å²) in [6.45, 7) is 1.17. The minimum absolute atomic E-state index is 0.445. The maximum atomic E-state index is 6.39. The second-order valence-corrected chi connectivity index (χ2v) is 7.60. The molecule has 0 amide bonds. The van der Waals surface area contributed by atoms with Gasteiger partial charge in [0, 0.05) is 22.1 Å². The average molecular weight is 343 g/mol. The topological polar surface area (TPSA) is 12.0 Å². The van der Waals surface area contributed by atoms with Crippen molar-refractivity contribution in [2.75, 3.05) is 6.54 Å². The van der Waals surface area contributed by atoms with Crippen LogP contribution in [-0.2, 0) is 6.42 Å². The van der Waals surface area contributed by atoms with E-state index in [4.69, 9.17) is 11.6 Å². The fraction of sp³-hybridized carbons (Fsp3) is 0.625. The van der Waals surface area contributed by atoms with Crippen LogP contribution in [-0.4, -0.2) is 12.6 Å². The minimum atomic E-state index is 0.445. The summed E-state index contributed by atoms with van der Waals surface area (Å²) in [5.74, 6) is 0. The van der Waals surface area contributed by atoms with Crippen molar-refractivity contribution < 1.29 is 0 Å². The molecular formula is C16H21BrClN. The van der Waals surface area contributed by atoms with E-state index in [2.05, 4.69) is 33.4 Å². The minimum Gasteiger partial charge on any atom is -0.313 e. The Hall–Kier alpha value is -0.0500. The first-order chi connectivity index (χ1) is 9.17. The Bertz CT molecular complexity index is 450. The zero-order chi connectivity index (χ0) is 13.3. The first kappa shape index (κ1) is 13.9. The zero-order valence-electron chi connectivity index (χ0n) is 11.2. The number of hydrogen-bond acceptors (Lipinski definition) is 1. The van der Waals surface area contributed by atoms with Gasteiger partial charge in [0.25, 0.3) is 0 Å². The van der Waals surface area contributed by atoms with Crippen LogP contribution in [0.25, 0.3) is 0 Å². The molecule has 3 heteroatoms. The molecule has 0 aromatic heterocycles. The fourth-order valence-electron chi connectivity index (χ4n) is 3.26. The van der Waals surface area contributed by atoms with Gasteiger partial charge in [-0.3, -0.25) is 0 Å². The van der Waals surface area contributed by atoms with Crippen LogP contribution in [0.2, 0.25) is 5.02 Å². The molecule has 1 aromatic carbocycles. The van der Waals surface area contributed by atoms with Gasteiger partial charge in [-0.25, -0.2) is 0 Å². The van der Waals surface area contributed by atoms with Gasteiger partial charge in [-0.15, -0.1) is 0 Å². The third kappa shape index (κ3) is 3.53. The van der Waals surface area contributed by atoms with Crippen LogP contribution >= 0.6 is 27.5 Å². The molecular weight excluding hydrogens is 322 g/mol. The number of nitrogens with one attached hydrogen (secondary N) is 1. The van der Waals surface area contributed by atoms with Crippen LogP contribution in [0.3, 0.4) is 0 Å². The number of rotatable bonds is 5. The summed E-state index contributed by atoms with van der Waals surface area (Å²) in [5.41, 5.74) is 1.75. The van der Waals surface area contributed by atoms with E-state index in [1.807, 2.05) is 6.07 Å². The predicted octanol–water partition coefficient (Wildman–Crippen LogP) is 4.96. The summed E-state index contributed by atoms with van der Waals surface area (Å²) in [6, 6.07) is 7.12. The predicted molar refractivity (Wildman–Crippen MR) is 84.8 cm³/mol. The van der Waals surface area contributed by atoms with Crippen molar-refractivity contribution >= 4 is 27.5 Å². The second-order valence-electron chi connectivity index (χ2n) is 6.27. The Labute approximate surface area is 129 Å². The molecule has 0 saturated heterocycles. The van der Waals surface area contributed by atoms with E-state index < -0.39 is 0 Å². The lowest BCUT2D eigenvalue weighted by atomic mass is 9.80. The molecule has 1 N–H and O–H groups in total. The van der Waals surface area contributed by atoms with Crippen molar-refractivity contribution in [3.63, 3.8) is 0 Å². The summed E-state index contributed by atoms with van der Waals surface area (Å²) in [4.78, 5) is 0. The van der Waals surface area contributed by atoms with E-state index in [-0.39, 0.29) is 0 Å². The van der Waals surface area contributed by atoms with Crippen molar-refractivity contribution in [2.45, 2.75) is 51.0 Å². The highest BCUT2D eigenvalue weighted by Crippen LogP contribution is 2.42. The molecule has 2 fully saturated rings. The highest BCUT2D eigenvalue weighted by Gasteiger charge is 2.36. The first-order valence-corrected chi connectivity index (χ1v) is 8.51. The van der Waals surface area contributed by atoms with Crippen LogP contribution in [0.4, 0.5) is 0 Å². The van der Waals surface area contributed by atoms with Gasteiger partial charge in [0.15, 0.2) is 0 Å². The largest absolute Gasteiger partial charge is 0.313 e. The van der Waals surface area contributed by atoms with Gasteiger partial charge in [0.2, 0.25) is 0 Å². The quantitative estimate of drug-likeness (QED) is 0.797. The number of hydrogen-bond donors (Lipinski definition) is 1. The normalized spacial score (nSPS) is 21.8. The Kier molecular flexibility index (Phi) is 4.21. The van der Waals surface area contributed by atoms with Gasteiger partial charge in [-0.05, 0) is 55.2 Å². The van der Waals surface area contributed by atoms with E-state index in [1.54, 1.807) is 0 Å². The van der Waals surface area contributed by atoms with Crippen LogP contribution < -0.4 is 5.32 Å². The van der Waals surface area contributed by atoms with Crippen LogP contribution in [0.5, 0.6) is 0 Å². The van der Waals surface area contributed by atoms with E-state index >= 15 is 0 Å². The molecule has 0 spiro atoms. The molecule has 19 heavy (non-hydrogen) atoms. The van der Waals surface area contributed by atoms with E-state index in [1.165, 1.54) is 50.6 Å². The molecule has 104 valence electrons. The van der Waals surface area contributed by atoms with Gasteiger partial charge in [-0.2, -0.15) is 0 Å². The molecule has 0 unspecified atom stereocenters. The van der Waals surface area contributed by atoms with Gasteiger partial charge in [0.05, 0.1) is 0 Å². The fourth-order valence-corrected chi connectivity index (χ4v) is 4.00. The second kappa shape index (κ2) is 5.75. The molecule has 2 saturated carbocycles. The van der Waals surface area contributed by atoms with Crippen molar-refractivity contribution in [1.29, 1.82) is 0 Å². The molecule has 0 aliphatic heterocycles. The third-order valence-electron chi connectivity index (χ3n) is 4.59. The molecule has 0 atom stereocenters. The van der Waals surface area contributed by atoms with E-state index in [0.29, 0.717) is 5.41 Å². The highest BCUT2D eigenvalue weighted by molar-refractivity contribution is 9.10. The summed E-state index contributed by atoms with van der Waals surface area (Å²) in [6.07, 6.45) is 9.31. The van der Waals surface area contributed by atoms with Gasteiger partial charge < -0.3 is 5.32 Å². The summed E-state index contributed by atoms with van der Waals surface area (Å²) in [7, 11) is 0. The van der Waals surface area contributed by atoms with Crippen molar-refractivity contribution in [1.82, 2.24) is 5.32 Å². The van der Waals surface area contributed by atoms with Crippen LogP contribution in [0.1, 0.15) is 44.1 Å². The van der Waals surface area contributed by atoms with Gasteiger partial charge >= 0.3 is 0 Å². The number of halogens is 2. The molecule has 3 rings (SSSR count). The summed E-state index contributed by atoms with van der Waals surface area (Å²) < 4.78 is 1.07. The molecule has 0 heterocycles. The Morgan fingerprint density at radius 1 is 1.26 bits per heavy atom. The standard InChI is InChI=1S/C16H21BrClN/c17-13-4-3-12(15(18)9-13)10-16(7-1-2-8-16)11-19-14-5-6-14/h3-4,9,14,19H,1-2,5-8,10-11H2. The van der Waals surface area contributed by atoms with Gasteiger partial charge in [0.1, 0.15) is 0 Å². The number of benzene rings is 1. The Morgan fingerprint density at radius 3 is 2.63 bits per heavy atom. The maximum Gasteiger partial charge on any atom is 0.0449 e. The lowest BCUT2D eigenvalue weighted by Crippen LogP contribution is -2.35.